The maximum atomic E-state index is 13.4. The van der Waals surface area contributed by atoms with E-state index in [1.165, 1.54) is 18.9 Å². The van der Waals surface area contributed by atoms with Crippen molar-refractivity contribution in [3.05, 3.63) is 28.5 Å². The topological polar surface area (TPSA) is 9.23 Å². The molecule has 17 heavy (non-hydrogen) atoms. The van der Waals surface area contributed by atoms with Crippen LogP contribution in [0, 0.1) is 11.7 Å². The summed E-state index contributed by atoms with van der Waals surface area (Å²) in [6.45, 7) is 4.94. The fourth-order valence-electron chi connectivity index (χ4n) is 1.69. The molecule has 0 saturated heterocycles. The molecular weight excluding hydrogens is 283 g/mol. The van der Waals surface area contributed by atoms with E-state index in [1.54, 1.807) is 12.1 Å². The molecule has 0 bridgehead atoms. The highest BCUT2D eigenvalue weighted by Gasteiger charge is 2.09. The first-order chi connectivity index (χ1) is 8.17. The fraction of sp³-hybridized carbons (Fsp3) is 0.571. The van der Waals surface area contributed by atoms with Crippen LogP contribution < -0.4 is 4.74 Å². The van der Waals surface area contributed by atoms with E-state index < -0.39 is 0 Å². The number of benzene rings is 1. The van der Waals surface area contributed by atoms with E-state index in [1.807, 2.05) is 0 Å². The molecule has 1 aromatic carbocycles. The molecule has 0 heterocycles. The van der Waals surface area contributed by atoms with Crippen molar-refractivity contribution in [3.8, 4) is 5.75 Å². The Bertz CT molecular complexity index is 341. The number of ether oxygens (including phenoxy) is 1. The molecule has 0 aliphatic carbocycles. The van der Waals surface area contributed by atoms with Gasteiger partial charge >= 0.3 is 0 Å². The van der Waals surface area contributed by atoms with Gasteiger partial charge < -0.3 is 4.74 Å². The van der Waals surface area contributed by atoms with E-state index in [2.05, 4.69) is 29.8 Å². The van der Waals surface area contributed by atoms with Gasteiger partial charge in [0.25, 0.3) is 0 Å². The third-order valence-electron chi connectivity index (χ3n) is 2.91. The van der Waals surface area contributed by atoms with Gasteiger partial charge in [-0.3, -0.25) is 0 Å². The number of halogens is 2. The van der Waals surface area contributed by atoms with Crippen molar-refractivity contribution >= 4 is 15.9 Å². The summed E-state index contributed by atoms with van der Waals surface area (Å²) in [7, 11) is 0. The van der Waals surface area contributed by atoms with Gasteiger partial charge in [0.15, 0.2) is 11.6 Å². The van der Waals surface area contributed by atoms with E-state index >= 15 is 0 Å². The summed E-state index contributed by atoms with van der Waals surface area (Å²) < 4.78 is 19.8. The molecule has 1 rings (SSSR count). The second-order valence-corrected chi connectivity index (χ2v) is 5.22. The first-order valence-electron chi connectivity index (χ1n) is 6.25. The molecule has 96 valence electrons. The normalized spacial score (nSPS) is 12.5. The Kier molecular flexibility index (Phi) is 6.56. The summed E-state index contributed by atoms with van der Waals surface area (Å²) in [6, 6.07) is 4.78. The third kappa shape index (κ3) is 5.07. The lowest BCUT2D eigenvalue weighted by molar-refractivity contribution is 0.225. The molecule has 1 nitrogen and oxygen atoms in total. The Morgan fingerprint density at radius 1 is 1.35 bits per heavy atom. The zero-order valence-electron chi connectivity index (χ0n) is 10.5. The molecule has 0 N–H and O–H groups in total. The van der Waals surface area contributed by atoms with Crippen molar-refractivity contribution in [2.75, 3.05) is 6.61 Å². The van der Waals surface area contributed by atoms with Crippen LogP contribution in [-0.4, -0.2) is 6.61 Å². The van der Waals surface area contributed by atoms with E-state index in [4.69, 9.17) is 4.74 Å². The van der Waals surface area contributed by atoms with Crippen LogP contribution in [-0.2, 0) is 0 Å². The molecule has 0 fully saturated rings. The van der Waals surface area contributed by atoms with E-state index in [9.17, 15) is 4.39 Å². The molecule has 1 aromatic rings. The first kappa shape index (κ1) is 14.5. The summed E-state index contributed by atoms with van der Waals surface area (Å²) in [5.41, 5.74) is 0. The maximum Gasteiger partial charge on any atom is 0.165 e. The molecule has 0 aliphatic rings. The average Bonchev–Trinajstić information content (AvgIpc) is 2.33. The van der Waals surface area contributed by atoms with Crippen molar-refractivity contribution < 1.29 is 9.13 Å². The Balaban J connectivity index is 2.50. The standard InChI is InChI=1S/C14H20BrFO/c1-3-5-6-11(4-2)10-17-14-9-12(15)7-8-13(14)16/h7-9,11H,3-6,10H2,1-2H3. The summed E-state index contributed by atoms with van der Waals surface area (Å²) in [5, 5.41) is 0. The highest BCUT2D eigenvalue weighted by atomic mass is 79.9. The van der Waals surface area contributed by atoms with Crippen LogP contribution in [0.25, 0.3) is 0 Å². The number of hydrogen-bond donors (Lipinski definition) is 0. The zero-order chi connectivity index (χ0) is 12.7. The van der Waals surface area contributed by atoms with Gasteiger partial charge in [0.1, 0.15) is 0 Å². The predicted octanol–water partition coefficient (Wildman–Crippen LogP) is 5.18. The van der Waals surface area contributed by atoms with Gasteiger partial charge in [-0.15, -0.1) is 0 Å². The highest BCUT2D eigenvalue weighted by molar-refractivity contribution is 9.10. The third-order valence-corrected chi connectivity index (χ3v) is 3.40. The van der Waals surface area contributed by atoms with Gasteiger partial charge in [0.05, 0.1) is 6.61 Å². The molecule has 1 unspecified atom stereocenters. The second-order valence-electron chi connectivity index (χ2n) is 4.30. The first-order valence-corrected chi connectivity index (χ1v) is 7.04. The largest absolute Gasteiger partial charge is 0.490 e. The molecule has 0 amide bonds. The molecule has 0 spiro atoms. The van der Waals surface area contributed by atoms with Crippen molar-refractivity contribution in [1.29, 1.82) is 0 Å². The van der Waals surface area contributed by atoms with Crippen LogP contribution in [0.3, 0.4) is 0 Å². The average molecular weight is 303 g/mol. The molecular formula is C14H20BrFO. The van der Waals surface area contributed by atoms with Crippen molar-refractivity contribution in [2.24, 2.45) is 5.92 Å². The quantitative estimate of drug-likeness (QED) is 0.674. The lowest BCUT2D eigenvalue weighted by atomic mass is 10.0. The lowest BCUT2D eigenvalue weighted by Crippen LogP contribution is -2.11. The summed E-state index contributed by atoms with van der Waals surface area (Å²) in [6.07, 6.45) is 4.64. The van der Waals surface area contributed by atoms with Crippen LogP contribution in [0.15, 0.2) is 22.7 Å². The SMILES string of the molecule is CCCCC(CC)COc1cc(Br)ccc1F. The van der Waals surface area contributed by atoms with Crippen LogP contribution in [0.4, 0.5) is 4.39 Å². The Morgan fingerprint density at radius 3 is 2.76 bits per heavy atom. The zero-order valence-corrected chi connectivity index (χ0v) is 12.1. The Hall–Kier alpha value is -0.570. The minimum atomic E-state index is -0.293. The second kappa shape index (κ2) is 7.70. The molecule has 0 aliphatic heterocycles. The summed E-state index contributed by atoms with van der Waals surface area (Å²) in [4.78, 5) is 0. The predicted molar refractivity (Wildman–Crippen MR) is 72.9 cm³/mol. The summed E-state index contributed by atoms with van der Waals surface area (Å²) in [5.74, 6) is 0.571. The molecule has 0 radical (unpaired) electrons. The Morgan fingerprint density at radius 2 is 2.12 bits per heavy atom. The monoisotopic (exact) mass is 302 g/mol. The number of rotatable bonds is 7. The van der Waals surface area contributed by atoms with E-state index in [-0.39, 0.29) is 5.82 Å². The van der Waals surface area contributed by atoms with Gasteiger partial charge in [-0.05, 0) is 30.5 Å². The molecule has 1 atom stereocenters. The van der Waals surface area contributed by atoms with Crippen LogP contribution >= 0.6 is 15.9 Å². The van der Waals surface area contributed by atoms with Crippen LogP contribution in [0.5, 0.6) is 5.75 Å². The lowest BCUT2D eigenvalue weighted by Gasteiger charge is -2.16. The minimum absolute atomic E-state index is 0.293. The number of unbranched alkanes of at least 4 members (excludes halogenated alkanes) is 1. The smallest absolute Gasteiger partial charge is 0.165 e. The summed E-state index contributed by atoms with van der Waals surface area (Å²) >= 11 is 3.32. The van der Waals surface area contributed by atoms with Crippen molar-refractivity contribution in [1.82, 2.24) is 0 Å². The van der Waals surface area contributed by atoms with E-state index in [0.29, 0.717) is 18.3 Å². The molecule has 0 saturated carbocycles. The van der Waals surface area contributed by atoms with Gasteiger partial charge in [-0.2, -0.15) is 0 Å². The van der Waals surface area contributed by atoms with Gasteiger partial charge in [-0.1, -0.05) is 49.0 Å². The highest BCUT2D eigenvalue weighted by Crippen LogP contribution is 2.23. The maximum absolute atomic E-state index is 13.4. The molecule has 3 heteroatoms. The van der Waals surface area contributed by atoms with Gasteiger partial charge in [0.2, 0.25) is 0 Å². The molecule has 0 aromatic heterocycles. The van der Waals surface area contributed by atoms with Crippen molar-refractivity contribution in [2.45, 2.75) is 39.5 Å². The fourth-order valence-corrected chi connectivity index (χ4v) is 2.03. The van der Waals surface area contributed by atoms with Gasteiger partial charge in [-0.25, -0.2) is 4.39 Å². The van der Waals surface area contributed by atoms with Crippen molar-refractivity contribution in [3.63, 3.8) is 0 Å². The van der Waals surface area contributed by atoms with Crippen LogP contribution in [0.1, 0.15) is 39.5 Å². The van der Waals surface area contributed by atoms with Crippen LogP contribution in [0.2, 0.25) is 0 Å². The van der Waals surface area contributed by atoms with Gasteiger partial charge in [0, 0.05) is 4.47 Å². The minimum Gasteiger partial charge on any atom is -0.490 e. The Labute approximate surface area is 111 Å². The number of hydrogen-bond acceptors (Lipinski definition) is 1. The van der Waals surface area contributed by atoms with E-state index in [0.717, 1.165) is 17.3 Å².